The van der Waals surface area contributed by atoms with Crippen molar-refractivity contribution >= 4 is 52.3 Å². The van der Waals surface area contributed by atoms with E-state index in [-0.39, 0.29) is 17.9 Å². The molecule has 2 atom stereocenters. The standard InChI is InChI=1S/C21H29Cl3N4O2/c1-14-5-3-4-6-28(14)20(29)13-26-7-9-27(10-8-26)15(2)21(30)25-19-12-17(23)16(22)11-18(19)24/h11-12,14-15H,3-10,13H2,1-2H3,(H,25,30). The van der Waals surface area contributed by atoms with Crippen LogP contribution in [0.25, 0.3) is 0 Å². The summed E-state index contributed by atoms with van der Waals surface area (Å²) >= 11 is 18.1. The molecule has 0 aromatic heterocycles. The van der Waals surface area contributed by atoms with Gasteiger partial charge in [0.15, 0.2) is 0 Å². The lowest BCUT2D eigenvalue weighted by molar-refractivity contribution is -0.136. The van der Waals surface area contributed by atoms with Crippen LogP contribution in [0.5, 0.6) is 0 Å². The molecule has 0 aliphatic carbocycles. The lowest BCUT2D eigenvalue weighted by Crippen LogP contribution is -2.55. The molecule has 0 bridgehead atoms. The Hall–Kier alpha value is -1.05. The van der Waals surface area contributed by atoms with Gasteiger partial charge >= 0.3 is 0 Å². The van der Waals surface area contributed by atoms with E-state index in [1.54, 1.807) is 6.07 Å². The van der Waals surface area contributed by atoms with E-state index in [1.807, 2.05) is 11.8 Å². The summed E-state index contributed by atoms with van der Waals surface area (Å²) in [6.45, 7) is 8.32. The molecule has 0 radical (unpaired) electrons. The molecular formula is C21H29Cl3N4O2. The highest BCUT2D eigenvalue weighted by Gasteiger charge is 2.29. The smallest absolute Gasteiger partial charge is 0.241 e. The number of rotatable bonds is 5. The number of nitrogens with one attached hydrogen (secondary N) is 1. The van der Waals surface area contributed by atoms with Gasteiger partial charge in [-0.05, 0) is 45.2 Å². The number of piperazine rings is 1. The van der Waals surface area contributed by atoms with E-state index in [0.717, 1.165) is 45.6 Å². The first-order valence-corrected chi connectivity index (χ1v) is 11.6. The molecule has 1 aromatic rings. The number of hydrogen-bond donors (Lipinski definition) is 1. The SMILES string of the molecule is CC(C(=O)Nc1cc(Cl)c(Cl)cc1Cl)N1CCN(CC(=O)N2CCCCC2C)CC1. The van der Waals surface area contributed by atoms with Crippen LogP contribution in [0, 0.1) is 0 Å². The highest BCUT2D eigenvalue weighted by atomic mass is 35.5. The summed E-state index contributed by atoms with van der Waals surface area (Å²) in [6.07, 6.45) is 3.39. The monoisotopic (exact) mass is 474 g/mol. The number of hydrogen-bond acceptors (Lipinski definition) is 4. The Morgan fingerprint density at radius 3 is 2.37 bits per heavy atom. The third-order valence-corrected chi connectivity index (χ3v) is 7.12. The third-order valence-electron chi connectivity index (χ3n) is 6.08. The summed E-state index contributed by atoms with van der Waals surface area (Å²) in [4.78, 5) is 31.7. The second-order valence-electron chi connectivity index (χ2n) is 8.16. The minimum Gasteiger partial charge on any atom is -0.339 e. The van der Waals surface area contributed by atoms with Crippen LogP contribution in [-0.2, 0) is 9.59 Å². The molecule has 2 fully saturated rings. The topological polar surface area (TPSA) is 55.9 Å². The van der Waals surface area contributed by atoms with Crippen LogP contribution in [0.4, 0.5) is 5.69 Å². The second kappa shape index (κ2) is 10.5. The Balaban J connectivity index is 1.49. The van der Waals surface area contributed by atoms with Gasteiger partial charge in [0.2, 0.25) is 11.8 Å². The number of halogens is 3. The number of piperidine rings is 1. The second-order valence-corrected chi connectivity index (χ2v) is 9.38. The molecule has 9 heteroatoms. The summed E-state index contributed by atoms with van der Waals surface area (Å²) in [5.74, 6) is 0.0673. The van der Waals surface area contributed by atoms with Crippen LogP contribution in [0.2, 0.25) is 15.1 Å². The van der Waals surface area contributed by atoms with Gasteiger partial charge in [0.1, 0.15) is 0 Å². The van der Waals surface area contributed by atoms with Gasteiger partial charge < -0.3 is 10.2 Å². The van der Waals surface area contributed by atoms with Crippen molar-refractivity contribution < 1.29 is 9.59 Å². The van der Waals surface area contributed by atoms with Crippen molar-refractivity contribution in [2.45, 2.75) is 45.2 Å². The van der Waals surface area contributed by atoms with E-state index in [2.05, 4.69) is 22.0 Å². The van der Waals surface area contributed by atoms with Crippen molar-refractivity contribution in [1.82, 2.24) is 14.7 Å². The van der Waals surface area contributed by atoms with E-state index >= 15 is 0 Å². The summed E-state index contributed by atoms with van der Waals surface area (Å²) in [5, 5.41) is 3.87. The Morgan fingerprint density at radius 1 is 1.03 bits per heavy atom. The number of benzene rings is 1. The number of likely N-dealkylation sites (tertiary alicyclic amines) is 1. The Kier molecular flexibility index (Phi) is 8.27. The molecule has 2 unspecified atom stereocenters. The van der Waals surface area contributed by atoms with Gasteiger partial charge in [0, 0.05) is 38.8 Å². The van der Waals surface area contributed by atoms with Crippen molar-refractivity contribution in [3.05, 3.63) is 27.2 Å². The maximum atomic E-state index is 12.7. The largest absolute Gasteiger partial charge is 0.339 e. The fourth-order valence-corrected chi connectivity index (χ4v) is 4.67. The first-order valence-electron chi connectivity index (χ1n) is 10.5. The average molecular weight is 476 g/mol. The van der Waals surface area contributed by atoms with Crippen LogP contribution in [0.15, 0.2) is 12.1 Å². The van der Waals surface area contributed by atoms with E-state index in [0.29, 0.717) is 33.3 Å². The zero-order valence-corrected chi connectivity index (χ0v) is 19.7. The predicted octanol–water partition coefficient (Wildman–Crippen LogP) is 3.99. The highest BCUT2D eigenvalue weighted by molar-refractivity contribution is 6.44. The van der Waals surface area contributed by atoms with Crippen molar-refractivity contribution in [2.75, 3.05) is 44.6 Å². The number of carbonyl (C=O) groups is 2. The Labute approximate surface area is 193 Å². The van der Waals surface area contributed by atoms with Gasteiger partial charge in [-0.1, -0.05) is 34.8 Å². The van der Waals surface area contributed by atoms with E-state index < -0.39 is 0 Å². The van der Waals surface area contributed by atoms with E-state index in [4.69, 9.17) is 34.8 Å². The van der Waals surface area contributed by atoms with Crippen LogP contribution in [-0.4, -0.2) is 77.9 Å². The normalized spacial score (nSPS) is 22.0. The number of amides is 2. The summed E-state index contributed by atoms with van der Waals surface area (Å²) in [5.41, 5.74) is 0.447. The first-order chi connectivity index (χ1) is 14.3. The summed E-state index contributed by atoms with van der Waals surface area (Å²) in [7, 11) is 0. The minimum absolute atomic E-state index is 0.151. The van der Waals surface area contributed by atoms with Gasteiger partial charge in [0.25, 0.3) is 0 Å². The lowest BCUT2D eigenvalue weighted by Gasteiger charge is -2.39. The van der Waals surface area contributed by atoms with Gasteiger partial charge in [-0.25, -0.2) is 0 Å². The maximum Gasteiger partial charge on any atom is 0.241 e. The molecule has 6 nitrogen and oxygen atoms in total. The maximum absolute atomic E-state index is 12.7. The van der Waals surface area contributed by atoms with Crippen LogP contribution in [0.3, 0.4) is 0 Å². The quantitative estimate of drug-likeness (QED) is 0.654. The molecule has 1 aromatic carbocycles. The van der Waals surface area contributed by atoms with Crippen molar-refractivity contribution in [1.29, 1.82) is 0 Å². The van der Waals surface area contributed by atoms with Crippen molar-refractivity contribution in [3.8, 4) is 0 Å². The number of anilines is 1. The number of nitrogens with zero attached hydrogens (tertiary/aromatic N) is 3. The number of carbonyl (C=O) groups excluding carboxylic acids is 2. The van der Waals surface area contributed by atoms with Gasteiger partial charge in [-0.15, -0.1) is 0 Å². The lowest BCUT2D eigenvalue weighted by atomic mass is 10.0. The van der Waals surface area contributed by atoms with E-state index in [1.165, 1.54) is 12.5 Å². The molecule has 2 saturated heterocycles. The zero-order valence-electron chi connectivity index (χ0n) is 17.5. The molecule has 30 heavy (non-hydrogen) atoms. The fraction of sp³-hybridized carbons (Fsp3) is 0.619. The molecule has 1 N–H and O–H groups in total. The average Bonchev–Trinajstić information content (AvgIpc) is 2.72. The molecule has 2 aliphatic rings. The highest BCUT2D eigenvalue weighted by Crippen LogP contribution is 2.32. The van der Waals surface area contributed by atoms with Crippen molar-refractivity contribution in [2.24, 2.45) is 0 Å². The predicted molar refractivity (Wildman–Crippen MR) is 123 cm³/mol. The molecule has 166 valence electrons. The molecule has 0 spiro atoms. The van der Waals surface area contributed by atoms with Gasteiger partial charge in [0.05, 0.1) is 33.3 Å². The van der Waals surface area contributed by atoms with Gasteiger partial charge in [-0.2, -0.15) is 0 Å². The molecule has 0 saturated carbocycles. The molecular weight excluding hydrogens is 447 g/mol. The Morgan fingerprint density at radius 2 is 1.70 bits per heavy atom. The minimum atomic E-state index is -0.324. The first kappa shape index (κ1) is 23.6. The Bertz CT molecular complexity index is 784. The van der Waals surface area contributed by atoms with Crippen molar-refractivity contribution in [3.63, 3.8) is 0 Å². The van der Waals surface area contributed by atoms with E-state index in [9.17, 15) is 9.59 Å². The molecule has 2 heterocycles. The summed E-state index contributed by atoms with van der Waals surface area (Å²) in [6, 6.07) is 3.09. The zero-order chi connectivity index (χ0) is 21.8. The van der Waals surface area contributed by atoms with Crippen LogP contribution < -0.4 is 5.32 Å². The molecule has 2 amide bonds. The fourth-order valence-electron chi connectivity index (χ4n) is 4.08. The van der Waals surface area contributed by atoms with Gasteiger partial charge in [-0.3, -0.25) is 19.4 Å². The molecule has 2 aliphatic heterocycles. The molecule has 3 rings (SSSR count). The third kappa shape index (κ3) is 5.80. The van der Waals surface area contributed by atoms with Crippen LogP contribution >= 0.6 is 34.8 Å². The van der Waals surface area contributed by atoms with Crippen LogP contribution in [0.1, 0.15) is 33.1 Å². The summed E-state index contributed by atoms with van der Waals surface area (Å²) < 4.78 is 0.